The lowest BCUT2D eigenvalue weighted by Crippen LogP contribution is -2.06. The molecule has 1 rings (SSSR count). The van der Waals surface area contributed by atoms with Crippen molar-refractivity contribution in [1.29, 1.82) is 0 Å². The number of hydrogen-bond acceptors (Lipinski definition) is 3. The van der Waals surface area contributed by atoms with Crippen LogP contribution in [-0.4, -0.2) is 22.9 Å². The Morgan fingerprint density at radius 2 is 2.14 bits per heavy atom. The van der Waals surface area contributed by atoms with Gasteiger partial charge in [-0.3, -0.25) is 4.98 Å². The van der Waals surface area contributed by atoms with Crippen LogP contribution in [0.5, 0.6) is 5.75 Å². The van der Waals surface area contributed by atoms with Crippen molar-refractivity contribution < 1.29 is 9.29 Å². The van der Waals surface area contributed by atoms with Gasteiger partial charge in [0.1, 0.15) is 11.5 Å². The summed E-state index contributed by atoms with van der Waals surface area (Å²) in [5.41, 5.74) is 2.85. The van der Waals surface area contributed by atoms with Gasteiger partial charge in [0.05, 0.1) is 19.1 Å². The van der Waals surface area contributed by atoms with Crippen LogP contribution in [0.1, 0.15) is 16.8 Å². The molecule has 3 nitrogen and oxygen atoms in total. The van der Waals surface area contributed by atoms with Crippen molar-refractivity contribution in [2.24, 2.45) is 0 Å². The second-order valence-electron chi connectivity index (χ2n) is 3.26. The fraction of sp³-hybridized carbons (Fsp3) is 0.500. The Morgan fingerprint density at radius 3 is 2.64 bits per heavy atom. The highest BCUT2D eigenvalue weighted by Gasteiger charge is 2.12. The van der Waals surface area contributed by atoms with E-state index in [0.717, 1.165) is 22.6 Å². The van der Waals surface area contributed by atoms with E-state index in [1.165, 1.54) is 0 Å². The van der Waals surface area contributed by atoms with E-state index in [4.69, 9.17) is 4.74 Å². The van der Waals surface area contributed by atoms with Crippen molar-refractivity contribution in [2.45, 2.75) is 19.6 Å². The minimum atomic E-state index is -0.862. The number of methoxy groups -OCH3 is 1. The molecule has 78 valence electrons. The Hall–Kier alpha value is -0.740. The number of pyridine rings is 1. The zero-order chi connectivity index (χ0) is 10.7. The minimum Gasteiger partial charge on any atom is -0.616 e. The predicted molar refractivity (Wildman–Crippen MR) is 58.0 cm³/mol. The average Bonchev–Trinajstić information content (AvgIpc) is 2.10. The maximum absolute atomic E-state index is 11.1. The minimum absolute atomic E-state index is 0.489. The summed E-state index contributed by atoms with van der Waals surface area (Å²) in [5.74, 6) is 1.34. The van der Waals surface area contributed by atoms with Gasteiger partial charge in [-0.05, 0) is 13.8 Å². The molecule has 0 unspecified atom stereocenters. The van der Waals surface area contributed by atoms with E-state index in [1.54, 1.807) is 19.6 Å². The first-order valence-corrected chi connectivity index (χ1v) is 6.08. The van der Waals surface area contributed by atoms with Crippen LogP contribution in [0.4, 0.5) is 0 Å². The number of aryl methyl sites for hydroxylation is 1. The molecule has 0 saturated carbocycles. The summed E-state index contributed by atoms with van der Waals surface area (Å²) in [7, 11) is 1.64. The van der Waals surface area contributed by atoms with Gasteiger partial charge in [-0.25, -0.2) is 0 Å². The lowest BCUT2D eigenvalue weighted by Gasteiger charge is -2.12. The van der Waals surface area contributed by atoms with E-state index < -0.39 is 11.2 Å². The third-order valence-electron chi connectivity index (χ3n) is 2.09. The Balaban J connectivity index is 3.08. The number of aromatic nitrogens is 1. The van der Waals surface area contributed by atoms with Crippen molar-refractivity contribution in [3.63, 3.8) is 0 Å². The fourth-order valence-corrected chi connectivity index (χ4v) is 2.09. The van der Waals surface area contributed by atoms with Gasteiger partial charge in [-0.2, -0.15) is 0 Å². The van der Waals surface area contributed by atoms with Gasteiger partial charge in [0.15, 0.2) is 0 Å². The summed E-state index contributed by atoms with van der Waals surface area (Å²) >= 11 is -0.862. The molecule has 0 aromatic carbocycles. The fourth-order valence-electron chi connectivity index (χ4n) is 1.41. The first-order valence-electron chi connectivity index (χ1n) is 4.35. The zero-order valence-corrected chi connectivity index (χ0v) is 9.77. The van der Waals surface area contributed by atoms with E-state index >= 15 is 0 Å². The molecular formula is C10H15NO2S. The molecule has 0 radical (unpaired) electrons. The molecular weight excluding hydrogens is 198 g/mol. The first-order chi connectivity index (χ1) is 6.56. The van der Waals surface area contributed by atoms with Crippen molar-refractivity contribution in [1.82, 2.24) is 4.98 Å². The Labute approximate surface area is 87.7 Å². The largest absolute Gasteiger partial charge is 0.616 e. The highest BCUT2D eigenvalue weighted by Crippen LogP contribution is 2.24. The van der Waals surface area contributed by atoms with Gasteiger partial charge in [0.2, 0.25) is 0 Å². The number of ether oxygens (including phenoxy) is 1. The van der Waals surface area contributed by atoms with E-state index in [9.17, 15) is 4.55 Å². The molecule has 0 N–H and O–H groups in total. The molecule has 1 aromatic heterocycles. The SMILES string of the molecule is COc1c(C)cnc(C[S@+](C)[O-])c1C. The molecule has 14 heavy (non-hydrogen) atoms. The Morgan fingerprint density at radius 1 is 1.50 bits per heavy atom. The number of hydrogen-bond donors (Lipinski definition) is 0. The first kappa shape index (κ1) is 11.3. The third-order valence-corrected chi connectivity index (χ3v) is 2.77. The predicted octanol–water partition coefficient (Wildman–Crippen LogP) is 1.59. The van der Waals surface area contributed by atoms with Crippen molar-refractivity contribution in [3.05, 3.63) is 23.0 Å². The number of rotatable bonds is 3. The van der Waals surface area contributed by atoms with Crippen LogP contribution in [0.3, 0.4) is 0 Å². The van der Waals surface area contributed by atoms with Crippen LogP contribution < -0.4 is 4.74 Å². The van der Waals surface area contributed by atoms with Crippen LogP contribution in [0, 0.1) is 13.8 Å². The maximum atomic E-state index is 11.1. The average molecular weight is 213 g/mol. The van der Waals surface area contributed by atoms with Crippen molar-refractivity contribution in [2.75, 3.05) is 13.4 Å². The summed E-state index contributed by atoms with van der Waals surface area (Å²) in [4.78, 5) is 4.25. The molecule has 1 aromatic rings. The van der Waals surface area contributed by atoms with Gasteiger partial charge < -0.3 is 9.29 Å². The standard InChI is InChI=1S/C10H15NO2S/c1-7-5-11-9(6-14(4)12)8(2)10(7)13-3/h5H,6H2,1-4H3/t14-/m0/s1. The smallest absolute Gasteiger partial charge is 0.147 e. The molecule has 0 aliphatic heterocycles. The quantitative estimate of drug-likeness (QED) is 0.716. The van der Waals surface area contributed by atoms with Crippen LogP contribution in [0.15, 0.2) is 6.20 Å². The van der Waals surface area contributed by atoms with Crippen LogP contribution in [0.2, 0.25) is 0 Å². The summed E-state index contributed by atoms with van der Waals surface area (Å²) < 4.78 is 16.3. The lowest BCUT2D eigenvalue weighted by molar-refractivity contribution is 0.407. The highest BCUT2D eigenvalue weighted by molar-refractivity contribution is 7.89. The molecule has 0 fully saturated rings. The van der Waals surface area contributed by atoms with Crippen LogP contribution >= 0.6 is 0 Å². The van der Waals surface area contributed by atoms with E-state index in [0.29, 0.717) is 5.75 Å². The summed E-state index contributed by atoms with van der Waals surface area (Å²) in [6, 6.07) is 0. The third kappa shape index (κ3) is 2.39. The molecule has 0 aliphatic rings. The maximum Gasteiger partial charge on any atom is 0.147 e. The van der Waals surface area contributed by atoms with Crippen molar-refractivity contribution in [3.8, 4) is 5.75 Å². The van der Waals surface area contributed by atoms with Crippen LogP contribution in [0.25, 0.3) is 0 Å². The molecule has 0 spiro atoms. The molecule has 0 bridgehead atoms. The summed E-state index contributed by atoms with van der Waals surface area (Å²) in [5, 5.41) is 0. The summed E-state index contributed by atoms with van der Waals surface area (Å²) in [6.07, 6.45) is 3.43. The Kier molecular flexibility index (Phi) is 3.77. The number of nitrogens with zero attached hydrogens (tertiary/aromatic N) is 1. The van der Waals surface area contributed by atoms with Gasteiger partial charge in [-0.15, -0.1) is 0 Å². The lowest BCUT2D eigenvalue weighted by atomic mass is 10.1. The molecule has 0 aliphatic carbocycles. The van der Waals surface area contributed by atoms with Crippen molar-refractivity contribution >= 4 is 11.2 Å². The van der Waals surface area contributed by atoms with Gasteiger partial charge >= 0.3 is 0 Å². The second-order valence-corrected chi connectivity index (χ2v) is 4.70. The molecule has 1 heterocycles. The zero-order valence-electron chi connectivity index (χ0n) is 8.96. The highest BCUT2D eigenvalue weighted by atomic mass is 32.2. The normalized spacial score (nSPS) is 12.6. The Bertz CT molecular complexity index is 326. The topological polar surface area (TPSA) is 45.2 Å². The van der Waals surface area contributed by atoms with Crippen LogP contribution in [-0.2, 0) is 16.9 Å². The molecule has 4 heteroatoms. The molecule has 0 amide bonds. The summed E-state index contributed by atoms with van der Waals surface area (Å²) in [6.45, 7) is 3.90. The van der Waals surface area contributed by atoms with Gasteiger partial charge in [0, 0.05) is 17.3 Å². The monoisotopic (exact) mass is 213 g/mol. The van der Waals surface area contributed by atoms with Gasteiger partial charge in [0.25, 0.3) is 0 Å². The molecule has 1 atom stereocenters. The van der Waals surface area contributed by atoms with E-state index in [1.807, 2.05) is 13.8 Å². The van der Waals surface area contributed by atoms with E-state index in [-0.39, 0.29) is 0 Å². The van der Waals surface area contributed by atoms with Gasteiger partial charge in [-0.1, -0.05) is 11.2 Å². The second kappa shape index (κ2) is 4.66. The van der Waals surface area contributed by atoms with E-state index in [2.05, 4.69) is 4.98 Å². The molecule has 0 saturated heterocycles.